The van der Waals surface area contributed by atoms with Crippen LogP contribution >= 0.6 is 0 Å². The van der Waals surface area contributed by atoms with Crippen molar-refractivity contribution in [1.82, 2.24) is 14.8 Å². The number of nitrogens with zero attached hydrogens (tertiary/aromatic N) is 3. The Balaban J connectivity index is 1.44. The van der Waals surface area contributed by atoms with Crippen molar-refractivity contribution in [1.29, 1.82) is 0 Å². The van der Waals surface area contributed by atoms with Gasteiger partial charge in [0.25, 0.3) is 0 Å². The Morgan fingerprint density at radius 2 is 1.96 bits per heavy atom. The van der Waals surface area contributed by atoms with Gasteiger partial charge >= 0.3 is 0 Å². The number of pyridine rings is 1. The molecule has 0 saturated carbocycles. The van der Waals surface area contributed by atoms with Crippen molar-refractivity contribution in [2.45, 2.75) is 63.6 Å². The minimum absolute atomic E-state index is 0.0597. The van der Waals surface area contributed by atoms with Crippen LogP contribution in [-0.2, 0) is 16.1 Å². The van der Waals surface area contributed by atoms with Gasteiger partial charge in [-0.3, -0.25) is 9.78 Å². The molecule has 0 N–H and O–H groups in total. The third-order valence-electron chi connectivity index (χ3n) is 6.38. The molecule has 5 heteroatoms. The van der Waals surface area contributed by atoms with Crippen LogP contribution in [0.25, 0.3) is 0 Å². The van der Waals surface area contributed by atoms with Crippen LogP contribution in [0.4, 0.5) is 0 Å². The molecular weight excluding hydrogens is 314 g/mol. The third kappa shape index (κ3) is 3.44. The number of likely N-dealkylation sites (tertiary alicyclic amines) is 2. The van der Waals surface area contributed by atoms with Gasteiger partial charge in [0.1, 0.15) is 0 Å². The SMILES string of the molecule is Cc1cccc(CN2C(=O)CCC23CCN(C2CCOCC2)CC3)n1. The summed E-state index contributed by atoms with van der Waals surface area (Å²) >= 11 is 0. The average Bonchev–Trinajstić information content (AvgIpc) is 2.93. The number of amides is 1. The molecule has 0 aromatic carbocycles. The van der Waals surface area contributed by atoms with Gasteiger partial charge in [0.2, 0.25) is 5.91 Å². The highest BCUT2D eigenvalue weighted by atomic mass is 16.5. The van der Waals surface area contributed by atoms with E-state index in [0.29, 0.717) is 24.9 Å². The normalized spacial score (nSPS) is 25.0. The Morgan fingerprint density at radius 3 is 2.68 bits per heavy atom. The van der Waals surface area contributed by atoms with Gasteiger partial charge in [-0.25, -0.2) is 0 Å². The lowest BCUT2D eigenvalue weighted by Gasteiger charge is -2.47. The maximum Gasteiger partial charge on any atom is 0.223 e. The van der Waals surface area contributed by atoms with Crippen molar-refractivity contribution in [3.8, 4) is 0 Å². The Bertz CT molecular complexity index is 619. The molecular formula is C20H29N3O2. The predicted molar refractivity (Wildman–Crippen MR) is 96.1 cm³/mol. The largest absolute Gasteiger partial charge is 0.381 e. The first kappa shape index (κ1) is 17.0. The van der Waals surface area contributed by atoms with Crippen LogP contribution in [-0.4, -0.2) is 58.6 Å². The van der Waals surface area contributed by atoms with Crippen LogP contribution in [0.1, 0.15) is 49.9 Å². The highest BCUT2D eigenvalue weighted by molar-refractivity contribution is 5.79. The topological polar surface area (TPSA) is 45.7 Å². The second-order valence-corrected chi connectivity index (χ2v) is 7.85. The minimum Gasteiger partial charge on any atom is -0.381 e. The molecule has 3 aliphatic heterocycles. The van der Waals surface area contributed by atoms with E-state index in [1.54, 1.807) is 0 Å². The number of aromatic nitrogens is 1. The highest BCUT2D eigenvalue weighted by Gasteiger charge is 2.47. The number of carbonyl (C=O) groups is 1. The Kier molecular flexibility index (Phi) is 4.78. The van der Waals surface area contributed by atoms with E-state index < -0.39 is 0 Å². The number of carbonyl (C=O) groups excluding carboxylic acids is 1. The van der Waals surface area contributed by atoms with E-state index in [2.05, 4.69) is 14.8 Å². The van der Waals surface area contributed by atoms with E-state index >= 15 is 0 Å². The van der Waals surface area contributed by atoms with Crippen molar-refractivity contribution >= 4 is 5.91 Å². The molecule has 1 aromatic rings. The lowest BCUT2D eigenvalue weighted by molar-refractivity contribution is -0.133. The minimum atomic E-state index is 0.0597. The number of hydrogen-bond acceptors (Lipinski definition) is 4. The molecule has 4 rings (SSSR count). The number of rotatable bonds is 3. The van der Waals surface area contributed by atoms with Crippen LogP contribution < -0.4 is 0 Å². The molecule has 5 nitrogen and oxygen atoms in total. The molecule has 3 aliphatic rings. The first-order valence-corrected chi connectivity index (χ1v) is 9.71. The molecule has 0 bridgehead atoms. The van der Waals surface area contributed by atoms with E-state index in [0.717, 1.165) is 69.8 Å². The van der Waals surface area contributed by atoms with E-state index in [-0.39, 0.29) is 5.54 Å². The summed E-state index contributed by atoms with van der Waals surface area (Å²) in [6.07, 6.45) is 6.22. The van der Waals surface area contributed by atoms with Crippen LogP contribution in [0.5, 0.6) is 0 Å². The predicted octanol–water partition coefficient (Wildman–Crippen LogP) is 2.53. The highest BCUT2D eigenvalue weighted by Crippen LogP contribution is 2.40. The van der Waals surface area contributed by atoms with E-state index in [1.165, 1.54) is 0 Å². The van der Waals surface area contributed by atoms with Gasteiger partial charge in [0.15, 0.2) is 0 Å². The van der Waals surface area contributed by atoms with Gasteiger partial charge in [-0.05, 0) is 51.2 Å². The van der Waals surface area contributed by atoms with Crippen molar-refractivity contribution in [3.63, 3.8) is 0 Å². The number of piperidine rings is 1. The number of aryl methyl sites for hydroxylation is 1. The second kappa shape index (κ2) is 7.04. The van der Waals surface area contributed by atoms with Crippen molar-refractivity contribution < 1.29 is 9.53 Å². The van der Waals surface area contributed by atoms with Gasteiger partial charge < -0.3 is 14.5 Å². The molecule has 0 radical (unpaired) electrons. The summed E-state index contributed by atoms with van der Waals surface area (Å²) < 4.78 is 5.50. The summed E-state index contributed by atoms with van der Waals surface area (Å²) in [6.45, 7) is 6.69. The lowest BCUT2D eigenvalue weighted by Crippen LogP contribution is -2.55. The molecule has 3 fully saturated rings. The molecule has 0 unspecified atom stereocenters. The third-order valence-corrected chi connectivity index (χ3v) is 6.38. The molecule has 1 spiro atoms. The summed E-state index contributed by atoms with van der Waals surface area (Å²) in [7, 11) is 0. The summed E-state index contributed by atoms with van der Waals surface area (Å²) in [4.78, 5) is 22.0. The fraction of sp³-hybridized carbons (Fsp3) is 0.700. The van der Waals surface area contributed by atoms with E-state index in [9.17, 15) is 4.79 Å². The Hall–Kier alpha value is -1.46. The lowest BCUT2D eigenvalue weighted by atomic mass is 9.84. The van der Waals surface area contributed by atoms with Gasteiger partial charge in [-0.15, -0.1) is 0 Å². The zero-order valence-corrected chi connectivity index (χ0v) is 15.2. The van der Waals surface area contributed by atoms with Gasteiger partial charge in [0, 0.05) is 50.0 Å². The molecule has 3 saturated heterocycles. The Morgan fingerprint density at radius 1 is 1.20 bits per heavy atom. The quantitative estimate of drug-likeness (QED) is 0.846. The van der Waals surface area contributed by atoms with Crippen molar-refractivity contribution in [2.75, 3.05) is 26.3 Å². The number of hydrogen-bond donors (Lipinski definition) is 0. The van der Waals surface area contributed by atoms with Crippen LogP contribution in [0.3, 0.4) is 0 Å². The molecule has 0 atom stereocenters. The molecule has 1 amide bonds. The summed E-state index contributed by atoms with van der Waals surface area (Å²) in [5.74, 6) is 0.308. The first-order chi connectivity index (χ1) is 12.2. The van der Waals surface area contributed by atoms with E-state index in [1.807, 2.05) is 25.1 Å². The molecule has 25 heavy (non-hydrogen) atoms. The number of ether oxygens (including phenoxy) is 1. The summed E-state index contributed by atoms with van der Waals surface area (Å²) in [5, 5.41) is 0. The zero-order chi connectivity index (χ0) is 17.3. The molecule has 1 aromatic heterocycles. The summed E-state index contributed by atoms with van der Waals surface area (Å²) in [5.41, 5.74) is 2.10. The van der Waals surface area contributed by atoms with Gasteiger partial charge in [0.05, 0.1) is 12.2 Å². The first-order valence-electron chi connectivity index (χ1n) is 9.71. The Labute approximate surface area is 150 Å². The van der Waals surface area contributed by atoms with Crippen molar-refractivity contribution in [2.24, 2.45) is 0 Å². The zero-order valence-electron chi connectivity index (χ0n) is 15.2. The van der Waals surface area contributed by atoms with Crippen molar-refractivity contribution in [3.05, 3.63) is 29.6 Å². The fourth-order valence-electron chi connectivity index (χ4n) is 4.86. The van der Waals surface area contributed by atoms with Crippen LogP contribution in [0.15, 0.2) is 18.2 Å². The molecule has 4 heterocycles. The van der Waals surface area contributed by atoms with Crippen LogP contribution in [0.2, 0.25) is 0 Å². The van der Waals surface area contributed by atoms with Gasteiger partial charge in [-0.2, -0.15) is 0 Å². The maximum atomic E-state index is 12.6. The smallest absolute Gasteiger partial charge is 0.223 e. The molecule has 0 aliphatic carbocycles. The van der Waals surface area contributed by atoms with Crippen LogP contribution in [0, 0.1) is 6.92 Å². The fourth-order valence-corrected chi connectivity index (χ4v) is 4.86. The average molecular weight is 343 g/mol. The monoisotopic (exact) mass is 343 g/mol. The second-order valence-electron chi connectivity index (χ2n) is 7.85. The standard InChI is InChI=1S/C20H29N3O2/c1-16-3-2-4-17(21-16)15-23-19(24)5-8-20(23)9-11-22(12-10-20)18-6-13-25-14-7-18/h2-4,18H,5-15H2,1H3. The molecule has 136 valence electrons. The van der Waals surface area contributed by atoms with Gasteiger partial charge in [-0.1, -0.05) is 6.07 Å². The maximum absolute atomic E-state index is 12.6. The summed E-state index contributed by atoms with van der Waals surface area (Å²) in [6, 6.07) is 6.77. The van der Waals surface area contributed by atoms with E-state index in [4.69, 9.17) is 4.74 Å².